The van der Waals surface area contributed by atoms with Gasteiger partial charge in [-0.25, -0.2) is 9.67 Å². The monoisotopic (exact) mass is 271 g/mol. The van der Waals surface area contributed by atoms with Crippen molar-refractivity contribution in [1.29, 1.82) is 0 Å². The largest absolute Gasteiger partial charge is 0.479 e. The molecule has 1 rings (SSSR count). The van der Waals surface area contributed by atoms with Crippen LogP contribution in [0.5, 0.6) is 5.88 Å². The molecule has 104 valence electrons. The van der Waals surface area contributed by atoms with Crippen molar-refractivity contribution in [3.63, 3.8) is 0 Å². The molecule has 0 aliphatic rings. The molecule has 0 amide bonds. The second-order valence-electron chi connectivity index (χ2n) is 5.46. The lowest BCUT2D eigenvalue weighted by atomic mass is 10.5. The molecule has 0 aromatic carbocycles. The molecule has 0 spiro atoms. The van der Waals surface area contributed by atoms with Crippen molar-refractivity contribution in [3.05, 3.63) is 0 Å². The van der Waals surface area contributed by atoms with E-state index in [1.54, 1.807) is 7.11 Å². The van der Waals surface area contributed by atoms with Gasteiger partial charge in [0.2, 0.25) is 5.82 Å². The van der Waals surface area contributed by atoms with E-state index in [1.165, 1.54) is 6.04 Å². The standard InChI is InChI=1S/C12H25N3O2Si/c1-6-7-13-11-12(16-2)14-15(11)10-17-8-9-18(3,4)5/h7,14H,6,8-10H2,1-5H3. The molecule has 0 bridgehead atoms. The fourth-order valence-corrected chi connectivity index (χ4v) is 2.12. The Morgan fingerprint density at radius 2 is 2.11 bits per heavy atom. The molecule has 1 heterocycles. The molecule has 6 heteroatoms. The molecule has 0 saturated heterocycles. The highest BCUT2D eigenvalue weighted by Gasteiger charge is 2.15. The first kappa shape index (κ1) is 15.0. The lowest BCUT2D eigenvalue weighted by Crippen LogP contribution is -2.22. The molecule has 1 aromatic heterocycles. The topological polar surface area (TPSA) is 51.5 Å². The van der Waals surface area contributed by atoms with E-state index in [-0.39, 0.29) is 0 Å². The van der Waals surface area contributed by atoms with Crippen LogP contribution < -0.4 is 4.74 Å². The number of nitrogens with one attached hydrogen (secondary N) is 1. The number of hydrogen-bond acceptors (Lipinski definition) is 3. The third-order valence-corrected chi connectivity index (χ3v) is 4.22. The van der Waals surface area contributed by atoms with Gasteiger partial charge in [0.25, 0.3) is 5.88 Å². The Bertz CT molecular complexity index is 377. The van der Waals surface area contributed by atoms with E-state index in [1.807, 2.05) is 10.9 Å². The van der Waals surface area contributed by atoms with Crippen molar-refractivity contribution in [1.82, 2.24) is 9.78 Å². The summed E-state index contributed by atoms with van der Waals surface area (Å²) < 4.78 is 12.7. The summed E-state index contributed by atoms with van der Waals surface area (Å²) in [7, 11) is 0.622. The van der Waals surface area contributed by atoms with E-state index >= 15 is 0 Å². The molecule has 18 heavy (non-hydrogen) atoms. The average molecular weight is 271 g/mol. The lowest BCUT2D eigenvalue weighted by molar-refractivity contribution is 0.0725. The van der Waals surface area contributed by atoms with Crippen LogP contribution in [0.1, 0.15) is 13.3 Å². The number of aromatic nitrogens is 2. The minimum atomic E-state index is -1.01. The highest BCUT2D eigenvalue weighted by atomic mass is 28.3. The minimum Gasteiger partial charge on any atom is -0.479 e. The fourth-order valence-electron chi connectivity index (χ4n) is 1.37. The first-order valence-electron chi connectivity index (χ1n) is 6.40. The summed E-state index contributed by atoms with van der Waals surface area (Å²) in [6.07, 6.45) is 2.77. The first-order valence-corrected chi connectivity index (χ1v) is 10.1. The first-order chi connectivity index (χ1) is 8.48. The minimum absolute atomic E-state index is 0.508. The van der Waals surface area contributed by atoms with Crippen LogP contribution in [0, 0.1) is 0 Å². The Labute approximate surface area is 110 Å². The zero-order valence-electron chi connectivity index (χ0n) is 12.1. The molecule has 0 aliphatic carbocycles. The molecule has 0 radical (unpaired) electrons. The Kier molecular flexibility index (Phi) is 5.68. The van der Waals surface area contributed by atoms with E-state index in [2.05, 4.69) is 36.7 Å². The van der Waals surface area contributed by atoms with Gasteiger partial charge in [-0.1, -0.05) is 26.6 Å². The van der Waals surface area contributed by atoms with Crippen LogP contribution in [0.3, 0.4) is 0 Å². The van der Waals surface area contributed by atoms with Crippen LogP contribution in [-0.2, 0) is 11.5 Å². The predicted molar refractivity (Wildman–Crippen MR) is 77.9 cm³/mol. The molecule has 0 saturated carbocycles. The Morgan fingerprint density at radius 3 is 2.67 bits per heavy atom. The summed E-state index contributed by atoms with van der Waals surface area (Å²) >= 11 is 0. The van der Waals surface area contributed by atoms with E-state index in [0.29, 0.717) is 12.6 Å². The zero-order valence-corrected chi connectivity index (χ0v) is 13.1. The number of nitrogens with zero attached hydrogens (tertiary/aromatic N) is 2. The SMILES string of the molecule is CCC=Nc1c(OC)[nH]n1COCC[Si](C)(C)C. The highest BCUT2D eigenvalue weighted by Crippen LogP contribution is 2.28. The van der Waals surface area contributed by atoms with E-state index < -0.39 is 8.07 Å². The summed E-state index contributed by atoms with van der Waals surface area (Å²) in [4.78, 5) is 4.33. The predicted octanol–water partition coefficient (Wildman–Crippen LogP) is 3.25. The van der Waals surface area contributed by atoms with Gasteiger partial charge in [-0.05, 0) is 12.5 Å². The summed E-state index contributed by atoms with van der Waals surface area (Å²) in [5.74, 6) is 1.51. The number of aliphatic imine (C=N–C) groups is 1. The fraction of sp³-hybridized carbons (Fsp3) is 0.750. The Morgan fingerprint density at radius 1 is 1.39 bits per heavy atom. The average Bonchev–Trinajstić information content (AvgIpc) is 2.26. The van der Waals surface area contributed by atoms with Crippen LogP contribution in [0.15, 0.2) is 4.99 Å². The maximum absolute atomic E-state index is 5.65. The van der Waals surface area contributed by atoms with Crippen LogP contribution in [0.4, 0.5) is 5.82 Å². The number of ether oxygens (including phenoxy) is 2. The van der Waals surface area contributed by atoms with Crippen molar-refractivity contribution in [2.75, 3.05) is 13.7 Å². The van der Waals surface area contributed by atoms with E-state index in [0.717, 1.165) is 18.8 Å². The van der Waals surface area contributed by atoms with Gasteiger partial charge in [0.15, 0.2) is 0 Å². The van der Waals surface area contributed by atoms with Crippen molar-refractivity contribution in [3.8, 4) is 5.88 Å². The maximum atomic E-state index is 5.65. The second-order valence-corrected chi connectivity index (χ2v) is 11.1. The summed E-state index contributed by atoms with van der Waals surface area (Å²) in [5, 5.41) is 3.05. The molecule has 0 unspecified atom stereocenters. The smallest absolute Gasteiger partial charge is 0.251 e. The quantitative estimate of drug-likeness (QED) is 0.448. The van der Waals surface area contributed by atoms with Gasteiger partial charge in [-0.3, -0.25) is 5.10 Å². The van der Waals surface area contributed by atoms with Gasteiger partial charge < -0.3 is 9.47 Å². The third-order valence-electron chi connectivity index (χ3n) is 2.51. The van der Waals surface area contributed by atoms with Gasteiger partial charge in [0, 0.05) is 20.9 Å². The molecule has 1 N–H and O–H groups in total. The number of H-pyrrole nitrogens is 1. The van der Waals surface area contributed by atoms with Gasteiger partial charge in [-0.2, -0.15) is 0 Å². The molecular formula is C12H25N3O2Si. The summed E-state index contributed by atoms with van der Waals surface area (Å²) in [5.41, 5.74) is 0. The third kappa shape index (κ3) is 4.70. The van der Waals surface area contributed by atoms with Crippen LogP contribution in [0.25, 0.3) is 0 Å². The normalized spacial score (nSPS) is 12.5. The van der Waals surface area contributed by atoms with Crippen molar-refractivity contribution in [2.24, 2.45) is 4.99 Å². The Hall–Kier alpha value is -1.01. The second kappa shape index (κ2) is 6.80. The van der Waals surface area contributed by atoms with Gasteiger partial charge >= 0.3 is 0 Å². The van der Waals surface area contributed by atoms with Gasteiger partial charge in [0.05, 0.1) is 7.11 Å². The van der Waals surface area contributed by atoms with Crippen LogP contribution in [0.2, 0.25) is 25.7 Å². The lowest BCUT2D eigenvalue weighted by Gasteiger charge is -2.20. The van der Waals surface area contributed by atoms with Gasteiger partial charge in [-0.15, -0.1) is 0 Å². The number of aromatic amines is 1. The van der Waals surface area contributed by atoms with Crippen LogP contribution >= 0.6 is 0 Å². The van der Waals surface area contributed by atoms with Crippen LogP contribution in [-0.4, -0.2) is 37.8 Å². The molecule has 0 aliphatic heterocycles. The van der Waals surface area contributed by atoms with Gasteiger partial charge in [0.1, 0.15) is 6.73 Å². The number of rotatable bonds is 8. The zero-order chi connectivity index (χ0) is 13.6. The summed E-state index contributed by atoms with van der Waals surface area (Å²) in [6.45, 7) is 10.4. The number of hydrogen-bond donors (Lipinski definition) is 1. The molecule has 0 fully saturated rings. The molecular weight excluding hydrogens is 246 g/mol. The van der Waals surface area contributed by atoms with E-state index in [4.69, 9.17) is 9.47 Å². The number of methoxy groups -OCH3 is 1. The van der Waals surface area contributed by atoms with Crippen molar-refractivity contribution >= 4 is 20.1 Å². The molecule has 1 aromatic rings. The van der Waals surface area contributed by atoms with Crippen molar-refractivity contribution in [2.45, 2.75) is 45.8 Å². The van der Waals surface area contributed by atoms with Crippen molar-refractivity contribution < 1.29 is 9.47 Å². The molecule has 5 nitrogen and oxygen atoms in total. The maximum Gasteiger partial charge on any atom is 0.251 e. The van der Waals surface area contributed by atoms with E-state index in [9.17, 15) is 0 Å². The summed E-state index contributed by atoms with van der Waals surface area (Å²) in [6, 6.07) is 1.18. The highest BCUT2D eigenvalue weighted by molar-refractivity contribution is 6.76. The molecule has 0 atom stereocenters. The Balaban J connectivity index is 2.41.